The third-order valence-corrected chi connectivity index (χ3v) is 4.75. The molecule has 2 rings (SSSR count). The number of aromatic nitrogens is 1. The molecule has 0 atom stereocenters. The number of rotatable bonds is 4. The molecular formula is C13H13F2N3O2S. The number of nitrogen functional groups attached to an aromatic ring is 1. The molecule has 0 saturated heterocycles. The lowest BCUT2D eigenvalue weighted by molar-refractivity contribution is 0.455. The van der Waals surface area contributed by atoms with Crippen LogP contribution in [0.15, 0.2) is 41.4 Å². The maximum Gasteiger partial charge on any atom is 0.246 e. The minimum absolute atomic E-state index is 0.0601. The summed E-state index contributed by atoms with van der Waals surface area (Å²) in [7, 11) is -2.63. The van der Waals surface area contributed by atoms with E-state index >= 15 is 0 Å². The van der Waals surface area contributed by atoms with Gasteiger partial charge in [-0.2, -0.15) is 4.31 Å². The van der Waals surface area contributed by atoms with Crippen LogP contribution in [0.4, 0.5) is 14.6 Å². The van der Waals surface area contributed by atoms with Gasteiger partial charge in [0.05, 0.1) is 0 Å². The van der Waals surface area contributed by atoms with Crippen LogP contribution in [-0.2, 0) is 16.6 Å². The second-order valence-corrected chi connectivity index (χ2v) is 6.40. The highest BCUT2D eigenvalue weighted by atomic mass is 32.2. The van der Waals surface area contributed by atoms with Gasteiger partial charge < -0.3 is 5.73 Å². The number of sulfonamides is 1. The molecule has 21 heavy (non-hydrogen) atoms. The van der Waals surface area contributed by atoms with Crippen molar-refractivity contribution in [3.63, 3.8) is 0 Å². The molecule has 1 heterocycles. The van der Waals surface area contributed by atoms with Gasteiger partial charge in [-0.3, -0.25) is 0 Å². The van der Waals surface area contributed by atoms with Crippen LogP contribution in [0.25, 0.3) is 0 Å². The highest BCUT2D eigenvalue weighted by molar-refractivity contribution is 7.89. The SMILES string of the molecule is CN(Cc1ccc(F)cc1F)S(=O)(=O)c1cccnc1N. The molecule has 0 fully saturated rings. The maximum atomic E-state index is 13.6. The van der Waals surface area contributed by atoms with Gasteiger partial charge in [-0.25, -0.2) is 22.2 Å². The Morgan fingerprint density at radius 1 is 1.29 bits per heavy atom. The first-order chi connectivity index (χ1) is 9.82. The summed E-state index contributed by atoms with van der Waals surface area (Å²) in [5.41, 5.74) is 5.61. The topological polar surface area (TPSA) is 76.3 Å². The number of halogens is 2. The number of nitrogens with zero attached hydrogens (tertiary/aromatic N) is 2. The zero-order chi connectivity index (χ0) is 15.6. The van der Waals surface area contributed by atoms with Gasteiger partial charge in [0.1, 0.15) is 22.3 Å². The Labute approximate surface area is 121 Å². The maximum absolute atomic E-state index is 13.6. The van der Waals surface area contributed by atoms with Crippen molar-refractivity contribution in [2.24, 2.45) is 0 Å². The molecule has 0 unspecified atom stereocenters. The van der Waals surface area contributed by atoms with Crippen molar-refractivity contribution in [2.45, 2.75) is 11.4 Å². The van der Waals surface area contributed by atoms with E-state index in [9.17, 15) is 17.2 Å². The lowest BCUT2D eigenvalue weighted by Crippen LogP contribution is -2.27. The van der Waals surface area contributed by atoms with E-state index in [1.807, 2.05) is 0 Å². The number of nitrogens with two attached hydrogens (primary N) is 1. The lowest BCUT2D eigenvalue weighted by atomic mass is 10.2. The molecule has 0 radical (unpaired) electrons. The van der Waals surface area contributed by atoms with Crippen LogP contribution >= 0.6 is 0 Å². The van der Waals surface area contributed by atoms with E-state index in [1.54, 1.807) is 0 Å². The molecule has 0 aliphatic rings. The van der Waals surface area contributed by atoms with E-state index in [1.165, 1.54) is 31.4 Å². The summed E-state index contributed by atoms with van der Waals surface area (Å²) in [6.07, 6.45) is 1.37. The van der Waals surface area contributed by atoms with E-state index in [0.717, 1.165) is 10.4 Å². The molecule has 2 aromatic rings. The number of benzene rings is 1. The van der Waals surface area contributed by atoms with Gasteiger partial charge in [-0.1, -0.05) is 6.07 Å². The summed E-state index contributed by atoms with van der Waals surface area (Å²) in [4.78, 5) is 3.55. The fourth-order valence-corrected chi connectivity index (χ4v) is 2.98. The van der Waals surface area contributed by atoms with Crippen molar-refractivity contribution in [1.82, 2.24) is 9.29 Å². The first-order valence-electron chi connectivity index (χ1n) is 5.93. The molecule has 112 valence electrons. The Balaban J connectivity index is 2.31. The van der Waals surface area contributed by atoms with E-state index in [2.05, 4.69) is 4.98 Å². The van der Waals surface area contributed by atoms with E-state index in [0.29, 0.717) is 6.07 Å². The van der Waals surface area contributed by atoms with Crippen molar-refractivity contribution in [3.05, 3.63) is 53.7 Å². The highest BCUT2D eigenvalue weighted by Gasteiger charge is 2.24. The van der Waals surface area contributed by atoms with Gasteiger partial charge >= 0.3 is 0 Å². The minimum Gasteiger partial charge on any atom is -0.383 e. The molecule has 0 aliphatic heterocycles. The van der Waals surface area contributed by atoms with Crippen LogP contribution in [-0.4, -0.2) is 24.8 Å². The first-order valence-corrected chi connectivity index (χ1v) is 7.37. The Morgan fingerprint density at radius 3 is 2.62 bits per heavy atom. The van der Waals surface area contributed by atoms with Crippen molar-refractivity contribution < 1.29 is 17.2 Å². The van der Waals surface area contributed by atoms with Crippen LogP contribution in [0.1, 0.15) is 5.56 Å². The van der Waals surface area contributed by atoms with E-state index in [-0.39, 0.29) is 22.8 Å². The summed E-state index contributed by atoms with van der Waals surface area (Å²) in [5.74, 6) is -1.67. The van der Waals surface area contributed by atoms with Crippen molar-refractivity contribution in [1.29, 1.82) is 0 Å². The van der Waals surface area contributed by atoms with Crippen LogP contribution in [0.5, 0.6) is 0 Å². The van der Waals surface area contributed by atoms with Gasteiger partial charge in [0.25, 0.3) is 0 Å². The molecule has 0 amide bonds. The largest absolute Gasteiger partial charge is 0.383 e. The Kier molecular flexibility index (Phi) is 4.19. The molecule has 2 N–H and O–H groups in total. The zero-order valence-electron chi connectivity index (χ0n) is 11.1. The number of anilines is 1. The number of hydrogen-bond donors (Lipinski definition) is 1. The quantitative estimate of drug-likeness (QED) is 0.933. The average Bonchev–Trinajstić information content (AvgIpc) is 2.42. The monoisotopic (exact) mass is 313 g/mol. The van der Waals surface area contributed by atoms with Crippen LogP contribution in [0.2, 0.25) is 0 Å². The summed E-state index contributed by atoms with van der Waals surface area (Å²) < 4.78 is 52.0. The Morgan fingerprint density at radius 2 is 2.00 bits per heavy atom. The summed E-state index contributed by atoms with van der Waals surface area (Å²) >= 11 is 0. The van der Waals surface area contributed by atoms with Gasteiger partial charge in [-0.15, -0.1) is 0 Å². The fourth-order valence-electron chi connectivity index (χ4n) is 1.76. The van der Waals surface area contributed by atoms with Gasteiger partial charge in [0.15, 0.2) is 0 Å². The van der Waals surface area contributed by atoms with Crippen molar-refractivity contribution >= 4 is 15.8 Å². The molecule has 1 aromatic carbocycles. The van der Waals surface area contributed by atoms with Gasteiger partial charge in [0, 0.05) is 31.4 Å². The third kappa shape index (κ3) is 3.17. The average molecular weight is 313 g/mol. The highest BCUT2D eigenvalue weighted by Crippen LogP contribution is 2.21. The molecular weight excluding hydrogens is 300 g/mol. The summed E-state index contributed by atoms with van der Waals surface area (Å²) in [6, 6.07) is 5.72. The Hall–Kier alpha value is -2.06. The summed E-state index contributed by atoms with van der Waals surface area (Å²) in [6.45, 7) is -0.247. The third-order valence-electron chi connectivity index (χ3n) is 2.90. The standard InChI is InChI=1S/C13H13F2N3O2S/c1-18(8-9-4-5-10(14)7-11(9)15)21(19,20)12-3-2-6-17-13(12)16/h2-7H,8H2,1H3,(H2,16,17). The molecule has 0 saturated carbocycles. The second kappa shape index (κ2) is 5.74. The number of hydrogen-bond acceptors (Lipinski definition) is 4. The lowest BCUT2D eigenvalue weighted by Gasteiger charge is -2.18. The molecule has 0 bridgehead atoms. The van der Waals surface area contributed by atoms with Crippen LogP contribution in [0.3, 0.4) is 0 Å². The summed E-state index contributed by atoms with van der Waals surface area (Å²) in [5, 5.41) is 0. The molecule has 0 aliphatic carbocycles. The van der Waals surface area contributed by atoms with Gasteiger partial charge in [0.2, 0.25) is 10.0 Å². The van der Waals surface area contributed by atoms with Crippen LogP contribution < -0.4 is 5.73 Å². The smallest absolute Gasteiger partial charge is 0.246 e. The molecule has 8 heteroatoms. The zero-order valence-corrected chi connectivity index (χ0v) is 11.9. The first kappa shape index (κ1) is 15.3. The van der Waals surface area contributed by atoms with E-state index in [4.69, 9.17) is 5.73 Å². The predicted octanol–water partition coefficient (Wildman–Crippen LogP) is 1.76. The molecule has 0 spiro atoms. The van der Waals surface area contributed by atoms with Crippen molar-refractivity contribution in [3.8, 4) is 0 Å². The second-order valence-electron chi connectivity index (χ2n) is 4.38. The predicted molar refractivity (Wildman–Crippen MR) is 73.7 cm³/mol. The van der Waals surface area contributed by atoms with Crippen LogP contribution in [0, 0.1) is 11.6 Å². The van der Waals surface area contributed by atoms with Gasteiger partial charge in [-0.05, 0) is 18.2 Å². The fraction of sp³-hybridized carbons (Fsp3) is 0.154. The molecule has 1 aromatic heterocycles. The van der Waals surface area contributed by atoms with E-state index < -0.39 is 21.7 Å². The van der Waals surface area contributed by atoms with Crippen molar-refractivity contribution in [2.75, 3.05) is 12.8 Å². The normalized spacial score (nSPS) is 11.8. The number of pyridine rings is 1. The molecule has 5 nitrogen and oxygen atoms in total. The minimum atomic E-state index is -3.91. The Bertz CT molecular complexity index is 766.